The molecule has 1 aliphatic rings. The standard InChI is InChI=1S/C24H30Cl2N4O4S/c1-23(2,3)17-13-14(20(32)30-10-9-29(11-12-31)21(33)24(30,4)5)19(35-17)28-22(34)27-16-8-6-7-15(25)18(16)26/h6-8,13,31H,9-12H2,1-5H3,(H2,27,28,34). The van der Waals surface area contributed by atoms with Crippen LogP contribution < -0.4 is 10.6 Å². The first-order valence-electron chi connectivity index (χ1n) is 11.2. The van der Waals surface area contributed by atoms with Crippen LogP contribution in [-0.4, -0.2) is 64.5 Å². The van der Waals surface area contributed by atoms with Crippen LogP contribution in [0.5, 0.6) is 0 Å². The van der Waals surface area contributed by atoms with Crippen LogP contribution in [0.2, 0.25) is 10.0 Å². The van der Waals surface area contributed by atoms with E-state index in [0.29, 0.717) is 34.4 Å². The lowest BCUT2D eigenvalue weighted by atomic mass is 9.93. The maximum atomic E-state index is 13.7. The van der Waals surface area contributed by atoms with Gasteiger partial charge in [-0.15, -0.1) is 11.3 Å². The average molecular weight is 542 g/mol. The fraction of sp³-hybridized carbons (Fsp3) is 0.458. The number of β-amino-alcohol motifs (C(OH)–C–C–N with tert-alkyl or cyclic N) is 1. The molecule has 4 amide bonds. The Morgan fingerprint density at radius 2 is 1.86 bits per heavy atom. The molecule has 3 rings (SSSR count). The van der Waals surface area contributed by atoms with Gasteiger partial charge in [-0.05, 0) is 37.5 Å². The molecule has 1 saturated heterocycles. The number of thiophene rings is 1. The number of aliphatic hydroxyl groups is 1. The zero-order valence-corrected chi connectivity index (χ0v) is 22.7. The van der Waals surface area contributed by atoms with E-state index in [1.165, 1.54) is 16.2 Å². The number of nitrogens with one attached hydrogen (secondary N) is 2. The first-order valence-corrected chi connectivity index (χ1v) is 12.7. The van der Waals surface area contributed by atoms with Crippen LogP contribution in [0.3, 0.4) is 0 Å². The number of hydrogen-bond donors (Lipinski definition) is 3. The second kappa shape index (κ2) is 10.3. The van der Waals surface area contributed by atoms with Gasteiger partial charge in [0.05, 0.1) is 27.9 Å². The van der Waals surface area contributed by atoms with Crippen LogP contribution in [0.25, 0.3) is 0 Å². The average Bonchev–Trinajstić information content (AvgIpc) is 3.19. The highest BCUT2D eigenvalue weighted by Gasteiger charge is 2.45. The van der Waals surface area contributed by atoms with Gasteiger partial charge in [-0.1, -0.05) is 50.0 Å². The normalized spacial score (nSPS) is 15.8. The maximum absolute atomic E-state index is 13.7. The largest absolute Gasteiger partial charge is 0.395 e. The van der Waals surface area contributed by atoms with Crippen molar-refractivity contribution in [1.29, 1.82) is 0 Å². The lowest BCUT2D eigenvalue weighted by molar-refractivity contribution is -0.146. The predicted molar refractivity (Wildman–Crippen MR) is 141 cm³/mol. The molecule has 0 radical (unpaired) electrons. The van der Waals surface area contributed by atoms with E-state index in [9.17, 15) is 19.5 Å². The van der Waals surface area contributed by atoms with Crippen LogP contribution >= 0.6 is 34.5 Å². The second-order valence-corrected chi connectivity index (χ2v) is 11.7. The van der Waals surface area contributed by atoms with Gasteiger partial charge >= 0.3 is 6.03 Å². The third-order valence-electron chi connectivity index (χ3n) is 5.82. The quantitative estimate of drug-likeness (QED) is 0.493. The van der Waals surface area contributed by atoms with Gasteiger partial charge in [-0.25, -0.2) is 4.79 Å². The van der Waals surface area contributed by atoms with Gasteiger partial charge < -0.3 is 20.2 Å². The number of nitrogens with zero attached hydrogens (tertiary/aromatic N) is 2. The Labute approximate surface area is 219 Å². The van der Waals surface area contributed by atoms with Gasteiger partial charge in [0.2, 0.25) is 5.91 Å². The van der Waals surface area contributed by atoms with Crippen LogP contribution in [0.15, 0.2) is 24.3 Å². The molecular formula is C24H30Cl2N4O4S. The molecule has 0 spiro atoms. The number of halogens is 2. The minimum Gasteiger partial charge on any atom is -0.395 e. The van der Waals surface area contributed by atoms with Gasteiger partial charge in [-0.3, -0.25) is 14.9 Å². The van der Waals surface area contributed by atoms with E-state index in [-0.39, 0.29) is 35.4 Å². The van der Waals surface area contributed by atoms with Crippen LogP contribution in [-0.2, 0) is 10.2 Å². The van der Waals surface area contributed by atoms with Crippen molar-refractivity contribution in [2.75, 3.05) is 36.9 Å². The van der Waals surface area contributed by atoms with Gasteiger partial charge in [0.15, 0.2) is 0 Å². The molecule has 2 heterocycles. The van der Waals surface area contributed by atoms with Crippen molar-refractivity contribution in [3.05, 3.63) is 44.8 Å². The number of benzene rings is 1. The number of urea groups is 1. The van der Waals surface area contributed by atoms with Crippen molar-refractivity contribution >= 4 is 63.1 Å². The Kier molecular flexibility index (Phi) is 8.06. The maximum Gasteiger partial charge on any atom is 0.324 e. The summed E-state index contributed by atoms with van der Waals surface area (Å²) in [7, 11) is 0. The third-order valence-corrected chi connectivity index (χ3v) is 8.12. The Morgan fingerprint density at radius 1 is 1.17 bits per heavy atom. The van der Waals surface area contributed by atoms with E-state index in [2.05, 4.69) is 10.6 Å². The molecule has 0 bridgehead atoms. The van der Waals surface area contributed by atoms with Crippen molar-refractivity contribution < 1.29 is 19.5 Å². The van der Waals surface area contributed by atoms with Crippen LogP contribution in [0.4, 0.5) is 15.5 Å². The molecule has 0 unspecified atom stereocenters. The van der Waals surface area contributed by atoms with Gasteiger partial charge in [0.25, 0.3) is 5.91 Å². The van der Waals surface area contributed by atoms with Crippen molar-refractivity contribution in [2.24, 2.45) is 0 Å². The molecule has 2 aromatic rings. The molecule has 0 saturated carbocycles. The minimum atomic E-state index is -1.11. The van der Waals surface area contributed by atoms with Crippen molar-refractivity contribution in [3.63, 3.8) is 0 Å². The minimum absolute atomic E-state index is 0.144. The third kappa shape index (κ3) is 5.74. The lowest BCUT2D eigenvalue weighted by Gasteiger charge is -2.45. The molecule has 1 aromatic carbocycles. The van der Waals surface area contributed by atoms with Crippen molar-refractivity contribution in [2.45, 2.75) is 45.6 Å². The van der Waals surface area contributed by atoms with E-state index >= 15 is 0 Å². The number of anilines is 2. The van der Waals surface area contributed by atoms with Crippen LogP contribution in [0.1, 0.15) is 49.9 Å². The summed E-state index contributed by atoms with van der Waals surface area (Å²) in [4.78, 5) is 43.5. The van der Waals surface area contributed by atoms with E-state index < -0.39 is 11.6 Å². The molecule has 190 valence electrons. The smallest absolute Gasteiger partial charge is 0.324 e. The summed E-state index contributed by atoms with van der Waals surface area (Å²) in [5.41, 5.74) is -0.729. The number of aliphatic hydroxyl groups excluding tert-OH is 1. The zero-order valence-electron chi connectivity index (χ0n) is 20.4. The summed E-state index contributed by atoms with van der Waals surface area (Å²) in [5.74, 6) is -0.588. The number of carbonyl (C=O) groups excluding carboxylic acids is 3. The Bertz CT molecular complexity index is 1140. The Balaban J connectivity index is 1.91. The number of piperazine rings is 1. The predicted octanol–water partition coefficient (Wildman–Crippen LogP) is 5.05. The Morgan fingerprint density at radius 3 is 2.49 bits per heavy atom. The second-order valence-electron chi connectivity index (χ2n) is 9.82. The number of hydrogen-bond acceptors (Lipinski definition) is 5. The lowest BCUT2D eigenvalue weighted by Crippen LogP contribution is -2.64. The van der Waals surface area contributed by atoms with E-state index in [1.54, 1.807) is 43.0 Å². The molecular weight excluding hydrogens is 511 g/mol. The molecule has 1 aromatic heterocycles. The molecule has 0 atom stereocenters. The van der Waals surface area contributed by atoms with Crippen molar-refractivity contribution in [1.82, 2.24) is 9.80 Å². The SMILES string of the molecule is CC(C)(C)c1cc(C(=O)N2CCN(CCO)C(=O)C2(C)C)c(NC(=O)Nc2cccc(Cl)c2Cl)s1. The number of rotatable bonds is 5. The van der Waals surface area contributed by atoms with Gasteiger partial charge in [-0.2, -0.15) is 0 Å². The highest BCUT2D eigenvalue weighted by atomic mass is 35.5. The molecule has 0 aliphatic carbocycles. The summed E-state index contributed by atoms with van der Waals surface area (Å²) in [6, 6.07) is 6.09. The fourth-order valence-electron chi connectivity index (χ4n) is 3.81. The number of amides is 4. The summed E-state index contributed by atoms with van der Waals surface area (Å²) < 4.78 is 0. The molecule has 1 fully saturated rings. The highest BCUT2D eigenvalue weighted by molar-refractivity contribution is 7.16. The van der Waals surface area contributed by atoms with E-state index in [4.69, 9.17) is 23.2 Å². The highest BCUT2D eigenvalue weighted by Crippen LogP contribution is 2.38. The zero-order chi connectivity index (χ0) is 26.1. The van der Waals surface area contributed by atoms with Crippen LogP contribution in [0, 0.1) is 0 Å². The summed E-state index contributed by atoms with van der Waals surface area (Å²) >= 11 is 13.5. The summed E-state index contributed by atoms with van der Waals surface area (Å²) in [6.07, 6.45) is 0. The molecule has 3 N–H and O–H groups in total. The summed E-state index contributed by atoms with van der Waals surface area (Å²) in [5, 5.41) is 15.6. The molecule has 11 heteroatoms. The molecule has 1 aliphatic heterocycles. The Hall–Kier alpha value is -2.33. The first-order chi connectivity index (χ1) is 16.3. The van der Waals surface area contributed by atoms with E-state index in [1.807, 2.05) is 20.8 Å². The van der Waals surface area contributed by atoms with Crippen molar-refractivity contribution in [3.8, 4) is 0 Å². The first kappa shape index (κ1) is 27.3. The topological polar surface area (TPSA) is 102 Å². The number of carbonyl (C=O) groups is 3. The van der Waals surface area contributed by atoms with Gasteiger partial charge in [0.1, 0.15) is 10.5 Å². The monoisotopic (exact) mass is 540 g/mol. The van der Waals surface area contributed by atoms with Gasteiger partial charge in [0, 0.05) is 24.5 Å². The molecule has 8 nitrogen and oxygen atoms in total. The molecule has 35 heavy (non-hydrogen) atoms. The fourth-order valence-corrected chi connectivity index (χ4v) is 5.26. The summed E-state index contributed by atoms with van der Waals surface area (Å²) in [6.45, 7) is 10.1. The van der Waals surface area contributed by atoms with E-state index in [0.717, 1.165) is 4.88 Å².